The van der Waals surface area contributed by atoms with E-state index >= 15 is 0 Å². The Labute approximate surface area is 175 Å². The summed E-state index contributed by atoms with van der Waals surface area (Å²) < 4.78 is 11.1. The number of carbonyl (C=O) groups is 2. The summed E-state index contributed by atoms with van der Waals surface area (Å²) in [6.07, 6.45) is 0.805. The molecular formula is C26H22O4. The van der Waals surface area contributed by atoms with Crippen LogP contribution < -0.4 is 9.47 Å². The number of methoxy groups -OCH3 is 1. The number of benzene rings is 3. The topological polar surface area (TPSA) is 52.6 Å². The summed E-state index contributed by atoms with van der Waals surface area (Å²) >= 11 is 0. The lowest BCUT2D eigenvalue weighted by Crippen LogP contribution is -2.05. The van der Waals surface area contributed by atoms with Gasteiger partial charge >= 0.3 is 5.97 Å². The van der Waals surface area contributed by atoms with E-state index < -0.39 is 5.97 Å². The van der Waals surface area contributed by atoms with Crippen molar-refractivity contribution < 1.29 is 19.1 Å². The molecule has 1 aliphatic heterocycles. The molecule has 0 aromatic heterocycles. The SMILES string of the molecule is CCc1cc(OC)c2c(c1)C(=C(c1ccccc1)c1ccc(C(C)=O)cc1)C(=O)O2. The highest BCUT2D eigenvalue weighted by atomic mass is 16.6. The number of ether oxygens (including phenoxy) is 2. The molecule has 0 amide bonds. The highest BCUT2D eigenvalue weighted by Gasteiger charge is 2.34. The van der Waals surface area contributed by atoms with E-state index in [1.807, 2.05) is 54.6 Å². The highest BCUT2D eigenvalue weighted by Crippen LogP contribution is 2.46. The maximum absolute atomic E-state index is 13.1. The van der Waals surface area contributed by atoms with Gasteiger partial charge in [-0.25, -0.2) is 4.79 Å². The zero-order valence-corrected chi connectivity index (χ0v) is 17.2. The fourth-order valence-corrected chi connectivity index (χ4v) is 3.73. The van der Waals surface area contributed by atoms with Crippen LogP contribution in [0.1, 0.15) is 46.5 Å². The van der Waals surface area contributed by atoms with E-state index in [9.17, 15) is 9.59 Å². The average molecular weight is 398 g/mol. The van der Waals surface area contributed by atoms with Crippen LogP contribution in [0.5, 0.6) is 11.5 Å². The molecule has 150 valence electrons. The molecule has 0 saturated carbocycles. The third-order valence-electron chi connectivity index (χ3n) is 5.30. The van der Waals surface area contributed by atoms with Crippen LogP contribution in [0, 0.1) is 0 Å². The molecule has 1 heterocycles. The molecule has 3 aromatic carbocycles. The zero-order valence-electron chi connectivity index (χ0n) is 17.2. The molecule has 0 spiro atoms. The predicted octanol–water partition coefficient (Wildman–Crippen LogP) is 5.34. The van der Waals surface area contributed by atoms with Gasteiger partial charge in [-0.1, -0.05) is 61.5 Å². The van der Waals surface area contributed by atoms with Gasteiger partial charge in [0.2, 0.25) is 0 Å². The fraction of sp³-hybridized carbons (Fsp3) is 0.154. The van der Waals surface area contributed by atoms with Crippen LogP contribution in [0.25, 0.3) is 11.1 Å². The summed E-state index contributed by atoms with van der Waals surface area (Å²) in [6, 6.07) is 20.9. The fourth-order valence-electron chi connectivity index (χ4n) is 3.73. The van der Waals surface area contributed by atoms with Gasteiger partial charge in [0, 0.05) is 16.7 Å². The van der Waals surface area contributed by atoms with Crippen LogP contribution in [0.4, 0.5) is 0 Å². The molecule has 1 aliphatic rings. The second-order valence-electron chi connectivity index (χ2n) is 7.17. The van der Waals surface area contributed by atoms with Gasteiger partial charge in [0.05, 0.1) is 12.7 Å². The Kier molecular flexibility index (Phi) is 5.23. The normalized spacial score (nSPS) is 14.2. The first kappa shape index (κ1) is 19.6. The molecule has 4 nitrogen and oxygen atoms in total. The lowest BCUT2D eigenvalue weighted by atomic mass is 9.89. The highest BCUT2D eigenvalue weighted by molar-refractivity contribution is 6.30. The minimum absolute atomic E-state index is 0.00147. The maximum atomic E-state index is 13.1. The van der Waals surface area contributed by atoms with E-state index in [4.69, 9.17) is 9.47 Å². The van der Waals surface area contributed by atoms with Crippen molar-refractivity contribution >= 4 is 22.9 Å². The Hall–Kier alpha value is -3.66. The van der Waals surface area contributed by atoms with Crippen molar-refractivity contribution in [2.24, 2.45) is 0 Å². The molecule has 0 bridgehead atoms. The van der Waals surface area contributed by atoms with Gasteiger partial charge < -0.3 is 9.47 Å². The van der Waals surface area contributed by atoms with E-state index in [1.54, 1.807) is 19.2 Å². The van der Waals surface area contributed by atoms with E-state index in [-0.39, 0.29) is 5.78 Å². The van der Waals surface area contributed by atoms with Crippen LogP contribution in [0.3, 0.4) is 0 Å². The number of hydrogen-bond acceptors (Lipinski definition) is 4. The molecule has 4 heteroatoms. The predicted molar refractivity (Wildman–Crippen MR) is 117 cm³/mol. The second kappa shape index (κ2) is 7.99. The van der Waals surface area contributed by atoms with Crippen molar-refractivity contribution in [2.75, 3.05) is 7.11 Å². The number of rotatable bonds is 5. The number of esters is 1. The molecule has 30 heavy (non-hydrogen) atoms. The van der Waals surface area contributed by atoms with Crippen LogP contribution in [-0.2, 0) is 11.2 Å². The largest absolute Gasteiger partial charge is 0.493 e. The molecule has 0 fully saturated rings. The van der Waals surface area contributed by atoms with Crippen molar-refractivity contribution in [1.29, 1.82) is 0 Å². The van der Waals surface area contributed by atoms with Gasteiger partial charge in [-0.05, 0) is 42.2 Å². The Morgan fingerprint density at radius 3 is 2.17 bits per heavy atom. The third kappa shape index (κ3) is 3.41. The van der Waals surface area contributed by atoms with Crippen LogP contribution in [-0.4, -0.2) is 18.9 Å². The van der Waals surface area contributed by atoms with Gasteiger partial charge in [-0.3, -0.25) is 4.79 Å². The van der Waals surface area contributed by atoms with Gasteiger partial charge in [0.25, 0.3) is 0 Å². The second-order valence-corrected chi connectivity index (χ2v) is 7.17. The molecular weight excluding hydrogens is 376 g/mol. The smallest absolute Gasteiger partial charge is 0.345 e. The minimum Gasteiger partial charge on any atom is -0.493 e. The van der Waals surface area contributed by atoms with Gasteiger partial charge in [0.1, 0.15) is 0 Å². The van der Waals surface area contributed by atoms with Crippen LogP contribution in [0.15, 0.2) is 66.7 Å². The molecule has 0 unspecified atom stereocenters. The number of fused-ring (bicyclic) bond motifs is 1. The van der Waals surface area contributed by atoms with Crippen molar-refractivity contribution in [3.8, 4) is 11.5 Å². The molecule has 0 atom stereocenters. The minimum atomic E-state index is -0.411. The van der Waals surface area contributed by atoms with E-state index in [2.05, 4.69) is 6.92 Å². The van der Waals surface area contributed by atoms with Crippen molar-refractivity contribution in [3.05, 3.63) is 94.5 Å². The van der Waals surface area contributed by atoms with E-state index in [0.29, 0.717) is 22.6 Å². The van der Waals surface area contributed by atoms with E-state index in [1.165, 1.54) is 6.92 Å². The molecule has 0 saturated heterocycles. The Balaban J connectivity index is 2.02. The van der Waals surface area contributed by atoms with Gasteiger partial charge in [-0.2, -0.15) is 0 Å². The summed E-state index contributed by atoms with van der Waals surface area (Å²) in [5.74, 6) is 0.583. The average Bonchev–Trinajstić information content (AvgIpc) is 3.10. The Bertz CT molecular complexity index is 1160. The van der Waals surface area contributed by atoms with E-state index in [0.717, 1.165) is 34.2 Å². The number of carbonyl (C=O) groups excluding carboxylic acids is 2. The first-order valence-corrected chi connectivity index (χ1v) is 9.88. The summed E-state index contributed by atoms with van der Waals surface area (Å²) in [6.45, 7) is 3.59. The quantitative estimate of drug-likeness (QED) is 0.252. The number of hydrogen-bond donors (Lipinski definition) is 0. The van der Waals surface area contributed by atoms with Crippen molar-refractivity contribution in [1.82, 2.24) is 0 Å². The lowest BCUT2D eigenvalue weighted by molar-refractivity contribution is -0.127. The first-order chi connectivity index (χ1) is 14.5. The number of ketones is 1. The van der Waals surface area contributed by atoms with Gasteiger partial charge in [0.15, 0.2) is 17.3 Å². The molecule has 0 N–H and O–H groups in total. The van der Waals surface area contributed by atoms with Crippen molar-refractivity contribution in [2.45, 2.75) is 20.3 Å². The third-order valence-corrected chi connectivity index (χ3v) is 5.30. The summed E-state index contributed by atoms with van der Waals surface area (Å²) in [4.78, 5) is 24.8. The standard InChI is InChI=1S/C26H22O4/c1-4-17-14-21-24(26(28)30-25(21)22(15-17)29-3)23(19-8-6-5-7-9-19)20-12-10-18(11-13-20)16(2)27/h5-15H,4H2,1-3H3. The Morgan fingerprint density at radius 1 is 0.933 bits per heavy atom. The molecule has 4 rings (SSSR count). The first-order valence-electron chi connectivity index (χ1n) is 9.88. The lowest BCUT2D eigenvalue weighted by Gasteiger charge is -2.13. The van der Waals surface area contributed by atoms with Crippen molar-refractivity contribution in [3.63, 3.8) is 0 Å². The summed E-state index contributed by atoms with van der Waals surface area (Å²) in [5.41, 5.74) is 5.41. The molecule has 0 radical (unpaired) electrons. The monoisotopic (exact) mass is 398 g/mol. The summed E-state index contributed by atoms with van der Waals surface area (Å²) in [7, 11) is 1.57. The number of aryl methyl sites for hydroxylation is 1. The molecule has 0 aliphatic carbocycles. The van der Waals surface area contributed by atoms with Gasteiger partial charge in [-0.15, -0.1) is 0 Å². The number of Topliss-reactive ketones (excluding diaryl/α,β-unsaturated/α-hetero) is 1. The van der Waals surface area contributed by atoms with Crippen LogP contribution in [0.2, 0.25) is 0 Å². The zero-order chi connectivity index (χ0) is 21.3. The maximum Gasteiger partial charge on any atom is 0.345 e. The van der Waals surface area contributed by atoms with Crippen LogP contribution >= 0.6 is 0 Å². The molecule has 3 aromatic rings. The summed E-state index contributed by atoms with van der Waals surface area (Å²) in [5, 5.41) is 0. The Morgan fingerprint density at radius 2 is 1.57 bits per heavy atom.